The first-order valence-corrected chi connectivity index (χ1v) is 11.7. The molecule has 0 bridgehead atoms. The van der Waals surface area contributed by atoms with E-state index in [0.29, 0.717) is 10.8 Å². The number of fused-ring (bicyclic) bond motifs is 3. The summed E-state index contributed by atoms with van der Waals surface area (Å²) in [4.78, 5) is 31.2. The lowest BCUT2D eigenvalue weighted by Gasteiger charge is -2.13. The highest BCUT2D eigenvalue weighted by atomic mass is 35.5. The molecule has 6 nitrogen and oxygen atoms in total. The smallest absolute Gasteiger partial charge is 0.307 e. The number of aromatic nitrogens is 1. The number of nitrogens with zero attached hydrogens (tertiary/aromatic N) is 2. The molecule has 164 valence electrons. The number of aliphatic imine (C=N–C) groups is 1. The highest BCUT2D eigenvalue weighted by Gasteiger charge is 2.32. The predicted molar refractivity (Wildman–Crippen MR) is 127 cm³/mol. The van der Waals surface area contributed by atoms with Crippen molar-refractivity contribution >= 4 is 34.6 Å². The second-order valence-corrected chi connectivity index (χ2v) is 9.53. The molecule has 2 aromatic carbocycles. The van der Waals surface area contributed by atoms with Crippen LogP contribution in [0.15, 0.2) is 52.3 Å². The topological polar surface area (TPSA) is 72.7 Å². The zero-order valence-corrected chi connectivity index (χ0v) is 19.3. The summed E-state index contributed by atoms with van der Waals surface area (Å²) in [6.45, 7) is 0. The molecule has 5 rings (SSSR count). The Bertz CT molecular complexity index is 1290. The fraction of sp³-hybridized carbons (Fsp3) is 0.292. The molecular formula is C24H22ClN3O3S. The number of methoxy groups -OCH3 is 1. The average Bonchev–Trinajstić information content (AvgIpc) is 3.56. The van der Waals surface area contributed by atoms with Crippen LogP contribution >= 0.6 is 22.9 Å². The molecule has 3 aromatic rings. The summed E-state index contributed by atoms with van der Waals surface area (Å²) >= 11 is 7.28. The fourth-order valence-electron chi connectivity index (χ4n) is 4.01. The van der Waals surface area contributed by atoms with Gasteiger partial charge in [0.05, 0.1) is 35.9 Å². The first kappa shape index (κ1) is 21.0. The van der Waals surface area contributed by atoms with Crippen molar-refractivity contribution in [3.05, 3.63) is 73.2 Å². The van der Waals surface area contributed by atoms with Gasteiger partial charge in [0.2, 0.25) is 5.91 Å². The molecule has 1 N–H and O–H groups in total. The minimum absolute atomic E-state index is 0.0466. The summed E-state index contributed by atoms with van der Waals surface area (Å²) in [5, 5.41) is 3.68. The second-order valence-electron chi connectivity index (χ2n) is 8.10. The molecular weight excluding hydrogens is 446 g/mol. The van der Waals surface area contributed by atoms with Gasteiger partial charge >= 0.3 is 4.87 Å². The predicted octanol–water partition coefficient (Wildman–Crippen LogP) is 4.34. The van der Waals surface area contributed by atoms with Gasteiger partial charge < -0.3 is 14.6 Å². The third-order valence-corrected chi connectivity index (χ3v) is 7.19. The summed E-state index contributed by atoms with van der Waals surface area (Å²) < 4.78 is 7.13. The zero-order valence-electron chi connectivity index (χ0n) is 17.7. The molecule has 32 heavy (non-hydrogen) atoms. The third-order valence-electron chi connectivity index (χ3n) is 5.80. The molecule has 2 heterocycles. The van der Waals surface area contributed by atoms with Gasteiger partial charge in [-0.15, -0.1) is 0 Å². The summed E-state index contributed by atoms with van der Waals surface area (Å²) in [5.41, 5.74) is 4.17. The molecule has 8 heteroatoms. The number of hydrogen-bond acceptors (Lipinski definition) is 5. The number of hydrogen-bond donors (Lipinski definition) is 1. The SMILES string of the molecule is COc1ccc2c(c1)C(c1ccc(Cl)cc1)=NC(CC(=O)NC1CC1)c1sc(=O)n(C)c1-2. The third kappa shape index (κ3) is 3.87. The normalized spacial score (nSPS) is 17.1. The summed E-state index contributed by atoms with van der Waals surface area (Å²) in [6.07, 6.45) is 2.22. The van der Waals surface area contributed by atoms with E-state index in [1.165, 1.54) is 0 Å². The minimum atomic E-state index is -0.466. The number of thiazole rings is 1. The van der Waals surface area contributed by atoms with Crippen molar-refractivity contribution < 1.29 is 9.53 Å². The Morgan fingerprint density at radius 2 is 1.97 bits per heavy atom. The Labute approximate surface area is 194 Å². The lowest BCUT2D eigenvalue weighted by Crippen LogP contribution is -2.26. The quantitative estimate of drug-likeness (QED) is 0.606. The van der Waals surface area contributed by atoms with Crippen LogP contribution in [0.2, 0.25) is 5.02 Å². The van der Waals surface area contributed by atoms with Gasteiger partial charge in [0.1, 0.15) is 5.75 Å². The standard InChI is InChI=1S/C24H22ClN3O3S/c1-28-22-17-10-9-16(31-2)11-18(17)21(13-3-5-14(25)6-4-13)27-19(23(22)32-24(28)30)12-20(29)26-15-7-8-15/h3-6,9-11,15,19H,7-8,12H2,1-2H3,(H,26,29). The van der Waals surface area contributed by atoms with Gasteiger partial charge in [-0.05, 0) is 43.2 Å². The van der Waals surface area contributed by atoms with Gasteiger partial charge in [-0.2, -0.15) is 0 Å². The van der Waals surface area contributed by atoms with Gasteiger partial charge in [0, 0.05) is 34.8 Å². The van der Waals surface area contributed by atoms with Crippen LogP contribution in [0.1, 0.15) is 41.3 Å². The first-order chi connectivity index (χ1) is 15.4. The molecule has 1 aliphatic carbocycles. The fourth-order valence-corrected chi connectivity index (χ4v) is 5.17. The number of rotatable bonds is 5. The van der Waals surface area contributed by atoms with E-state index in [9.17, 15) is 9.59 Å². The van der Waals surface area contributed by atoms with Crippen molar-refractivity contribution in [2.45, 2.75) is 31.3 Å². The largest absolute Gasteiger partial charge is 0.497 e. The van der Waals surface area contributed by atoms with E-state index in [1.54, 1.807) is 18.7 Å². The van der Waals surface area contributed by atoms with E-state index >= 15 is 0 Å². The van der Waals surface area contributed by atoms with E-state index in [2.05, 4.69) is 5.32 Å². The number of nitrogens with one attached hydrogen (secondary N) is 1. The van der Waals surface area contributed by atoms with Crippen molar-refractivity contribution in [1.29, 1.82) is 0 Å². The van der Waals surface area contributed by atoms with Crippen LogP contribution in [-0.4, -0.2) is 29.3 Å². The van der Waals surface area contributed by atoms with Crippen LogP contribution in [0.3, 0.4) is 0 Å². The maximum atomic E-state index is 12.7. The van der Waals surface area contributed by atoms with Crippen LogP contribution in [0.5, 0.6) is 5.75 Å². The van der Waals surface area contributed by atoms with Crippen LogP contribution in [0, 0.1) is 0 Å². The van der Waals surface area contributed by atoms with Gasteiger partial charge in [0.15, 0.2) is 0 Å². The number of ether oxygens (including phenoxy) is 1. The Morgan fingerprint density at radius 1 is 1.22 bits per heavy atom. The van der Waals surface area contributed by atoms with Gasteiger partial charge in [-0.3, -0.25) is 14.6 Å². The number of halogens is 1. The van der Waals surface area contributed by atoms with Crippen LogP contribution in [0.4, 0.5) is 0 Å². The molecule has 1 aliphatic heterocycles. The molecule has 0 radical (unpaired) electrons. The van der Waals surface area contributed by atoms with Crippen molar-refractivity contribution in [1.82, 2.24) is 9.88 Å². The minimum Gasteiger partial charge on any atom is -0.497 e. The lowest BCUT2D eigenvalue weighted by atomic mass is 9.95. The molecule has 1 fully saturated rings. The number of carbonyl (C=O) groups excluding carboxylic acids is 1. The summed E-state index contributed by atoms with van der Waals surface area (Å²) in [5.74, 6) is 0.645. The summed E-state index contributed by atoms with van der Waals surface area (Å²) in [6, 6.07) is 13.1. The van der Waals surface area contributed by atoms with E-state index < -0.39 is 6.04 Å². The summed E-state index contributed by atoms with van der Waals surface area (Å²) in [7, 11) is 3.38. The lowest BCUT2D eigenvalue weighted by molar-refractivity contribution is -0.121. The van der Waals surface area contributed by atoms with Gasteiger partial charge in [0.25, 0.3) is 0 Å². The Balaban J connectivity index is 1.72. The molecule has 1 saturated carbocycles. The molecule has 1 unspecified atom stereocenters. The Morgan fingerprint density at radius 3 is 2.66 bits per heavy atom. The van der Waals surface area contributed by atoms with Crippen LogP contribution < -0.4 is 14.9 Å². The van der Waals surface area contributed by atoms with E-state index in [4.69, 9.17) is 21.3 Å². The highest BCUT2D eigenvalue weighted by molar-refractivity contribution is 7.09. The molecule has 0 saturated heterocycles. The first-order valence-electron chi connectivity index (χ1n) is 10.5. The van der Waals surface area contributed by atoms with Crippen molar-refractivity contribution in [3.8, 4) is 17.0 Å². The number of benzene rings is 2. The van der Waals surface area contributed by atoms with Gasteiger partial charge in [-0.25, -0.2) is 0 Å². The average molecular weight is 468 g/mol. The van der Waals surface area contributed by atoms with Gasteiger partial charge in [-0.1, -0.05) is 35.1 Å². The monoisotopic (exact) mass is 467 g/mol. The molecule has 1 atom stereocenters. The number of carbonyl (C=O) groups is 1. The maximum absolute atomic E-state index is 12.7. The van der Waals surface area contributed by atoms with E-state index in [-0.39, 0.29) is 23.2 Å². The van der Waals surface area contributed by atoms with Crippen molar-refractivity contribution in [3.63, 3.8) is 0 Å². The van der Waals surface area contributed by atoms with Crippen molar-refractivity contribution in [2.75, 3.05) is 7.11 Å². The Kier molecular flexibility index (Phi) is 5.39. The number of amides is 1. The molecule has 0 spiro atoms. The van der Waals surface area contributed by atoms with Crippen molar-refractivity contribution in [2.24, 2.45) is 12.0 Å². The molecule has 1 amide bonds. The molecule has 1 aromatic heterocycles. The maximum Gasteiger partial charge on any atom is 0.307 e. The van der Waals surface area contributed by atoms with Crippen LogP contribution in [0.25, 0.3) is 11.3 Å². The second kappa shape index (κ2) is 8.22. The Hall–Kier alpha value is -2.90. The van der Waals surface area contributed by atoms with E-state index in [0.717, 1.165) is 57.2 Å². The van der Waals surface area contributed by atoms with Crippen LogP contribution in [-0.2, 0) is 11.8 Å². The van der Waals surface area contributed by atoms with E-state index in [1.807, 2.05) is 42.5 Å². The highest BCUT2D eigenvalue weighted by Crippen LogP contribution is 2.41. The molecule has 2 aliphatic rings. The zero-order chi connectivity index (χ0) is 22.4.